The highest BCUT2D eigenvalue weighted by atomic mass is 16.5. The van der Waals surface area contributed by atoms with Crippen LogP contribution in [-0.2, 0) is 9.47 Å². The average Bonchev–Trinajstić information content (AvgIpc) is 2.38. The number of morpholine rings is 1. The molecule has 0 aromatic heterocycles. The summed E-state index contributed by atoms with van der Waals surface area (Å²) in [6.07, 6.45) is 3.52. The van der Waals surface area contributed by atoms with E-state index in [1.165, 1.54) is 12.8 Å². The number of nitrogens with one attached hydrogen (secondary N) is 1. The third-order valence-corrected chi connectivity index (χ3v) is 2.99. The molecule has 1 N–H and O–H groups in total. The fourth-order valence-corrected chi connectivity index (χ4v) is 1.83. The van der Waals surface area contributed by atoms with E-state index >= 15 is 0 Å². The Morgan fingerprint density at radius 3 is 2.65 bits per heavy atom. The van der Waals surface area contributed by atoms with Crippen LogP contribution >= 0.6 is 0 Å². The van der Waals surface area contributed by atoms with Crippen LogP contribution in [0, 0.1) is 0 Å². The Morgan fingerprint density at radius 2 is 1.88 bits per heavy atom. The Bertz CT molecular complexity index is 161. The Labute approximate surface area is 106 Å². The van der Waals surface area contributed by atoms with E-state index in [1.807, 2.05) is 0 Å². The Balaban J connectivity index is 1.75. The molecule has 0 atom stereocenters. The molecule has 17 heavy (non-hydrogen) atoms. The molecule has 4 nitrogen and oxygen atoms in total. The Hall–Kier alpha value is -0.160. The van der Waals surface area contributed by atoms with Crippen molar-refractivity contribution in [3.8, 4) is 0 Å². The zero-order valence-corrected chi connectivity index (χ0v) is 11.2. The second kappa shape index (κ2) is 11.0. The number of ether oxygens (including phenoxy) is 2. The summed E-state index contributed by atoms with van der Waals surface area (Å²) in [6, 6.07) is 0. The lowest BCUT2D eigenvalue weighted by Crippen LogP contribution is -2.40. The minimum atomic E-state index is 0.893. The molecule has 1 fully saturated rings. The zero-order chi connectivity index (χ0) is 12.2. The smallest absolute Gasteiger partial charge is 0.0594 e. The standard InChI is InChI=1S/C13H28N2O2/c1-2-3-10-16-11-4-5-14-6-7-15-8-12-17-13-9-15/h14H,2-13H2,1H3. The number of nitrogens with zero attached hydrogens (tertiary/aromatic N) is 1. The summed E-state index contributed by atoms with van der Waals surface area (Å²) in [5.41, 5.74) is 0. The van der Waals surface area contributed by atoms with Crippen molar-refractivity contribution in [1.82, 2.24) is 10.2 Å². The lowest BCUT2D eigenvalue weighted by Gasteiger charge is -2.26. The van der Waals surface area contributed by atoms with Crippen molar-refractivity contribution in [2.24, 2.45) is 0 Å². The maximum atomic E-state index is 5.50. The largest absolute Gasteiger partial charge is 0.381 e. The van der Waals surface area contributed by atoms with Crippen LogP contribution in [0.3, 0.4) is 0 Å². The van der Waals surface area contributed by atoms with Gasteiger partial charge in [-0.3, -0.25) is 4.90 Å². The van der Waals surface area contributed by atoms with Gasteiger partial charge in [-0.2, -0.15) is 0 Å². The summed E-state index contributed by atoms with van der Waals surface area (Å²) in [5, 5.41) is 3.46. The lowest BCUT2D eigenvalue weighted by molar-refractivity contribution is 0.0383. The van der Waals surface area contributed by atoms with Crippen LogP contribution < -0.4 is 5.32 Å². The average molecular weight is 244 g/mol. The summed E-state index contributed by atoms with van der Waals surface area (Å²) in [7, 11) is 0. The maximum Gasteiger partial charge on any atom is 0.0594 e. The van der Waals surface area contributed by atoms with Gasteiger partial charge in [-0.1, -0.05) is 13.3 Å². The van der Waals surface area contributed by atoms with E-state index in [-0.39, 0.29) is 0 Å². The lowest BCUT2D eigenvalue weighted by atomic mass is 10.3. The molecule has 1 aliphatic rings. The molecule has 0 radical (unpaired) electrons. The molecule has 1 heterocycles. The van der Waals surface area contributed by atoms with Crippen molar-refractivity contribution >= 4 is 0 Å². The van der Waals surface area contributed by atoms with Crippen LogP contribution in [-0.4, -0.2) is 64.1 Å². The van der Waals surface area contributed by atoms with Crippen LogP contribution in [0.5, 0.6) is 0 Å². The molecule has 102 valence electrons. The van der Waals surface area contributed by atoms with Gasteiger partial charge < -0.3 is 14.8 Å². The summed E-state index contributed by atoms with van der Waals surface area (Å²) in [5.74, 6) is 0. The second-order valence-electron chi connectivity index (χ2n) is 4.52. The number of rotatable bonds is 10. The third kappa shape index (κ3) is 8.55. The molecule has 0 aromatic rings. The third-order valence-electron chi connectivity index (χ3n) is 2.99. The van der Waals surface area contributed by atoms with E-state index in [0.29, 0.717) is 0 Å². The summed E-state index contributed by atoms with van der Waals surface area (Å²) < 4.78 is 10.8. The van der Waals surface area contributed by atoms with Crippen LogP contribution in [0.1, 0.15) is 26.2 Å². The molecular weight excluding hydrogens is 216 g/mol. The van der Waals surface area contributed by atoms with Crippen molar-refractivity contribution in [3.05, 3.63) is 0 Å². The van der Waals surface area contributed by atoms with Crippen molar-refractivity contribution in [2.75, 3.05) is 59.2 Å². The normalized spacial score (nSPS) is 17.5. The van der Waals surface area contributed by atoms with E-state index in [2.05, 4.69) is 17.1 Å². The van der Waals surface area contributed by atoms with Crippen molar-refractivity contribution in [1.29, 1.82) is 0 Å². The molecule has 0 saturated carbocycles. The molecule has 1 saturated heterocycles. The molecule has 0 amide bonds. The fourth-order valence-electron chi connectivity index (χ4n) is 1.83. The van der Waals surface area contributed by atoms with Crippen molar-refractivity contribution in [3.63, 3.8) is 0 Å². The predicted octanol–water partition coefficient (Wildman–Crippen LogP) is 1.12. The first-order chi connectivity index (χ1) is 8.43. The molecule has 0 bridgehead atoms. The zero-order valence-electron chi connectivity index (χ0n) is 11.2. The minimum absolute atomic E-state index is 0.893. The van der Waals surface area contributed by atoms with Gasteiger partial charge in [0.15, 0.2) is 0 Å². The van der Waals surface area contributed by atoms with Gasteiger partial charge in [0.05, 0.1) is 13.2 Å². The van der Waals surface area contributed by atoms with Gasteiger partial charge in [-0.25, -0.2) is 0 Å². The summed E-state index contributed by atoms with van der Waals surface area (Å²) in [4.78, 5) is 2.45. The maximum absolute atomic E-state index is 5.50. The first-order valence-electron chi connectivity index (χ1n) is 7.02. The first-order valence-corrected chi connectivity index (χ1v) is 7.02. The summed E-state index contributed by atoms with van der Waals surface area (Å²) in [6.45, 7) is 11.2. The highest BCUT2D eigenvalue weighted by molar-refractivity contribution is 4.62. The van der Waals surface area contributed by atoms with Gasteiger partial charge in [0.1, 0.15) is 0 Å². The minimum Gasteiger partial charge on any atom is -0.381 e. The van der Waals surface area contributed by atoms with Gasteiger partial charge in [0, 0.05) is 39.4 Å². The van der Waals surface area contributed by atoms with Crippen LogP contribution in [0.25, 0.3) is 0 Å². The molecule has 0 spiro atoms. The topological polar surface area (TPSA) is 33.7 Å². The van der Waals surface area contributed by atoms with Gasteiger partial charge >= 0.3 is 0 Å². The van der Waals surface area contributed by atoms with Gasteiger partial charge in [-0.05, 0) is 19.4 Å². The highest BCUT2D eigenvalue weighted by Crippen LogP contribution is 1.94. The molecule has 1 aliphatic heterocycles. The van der Waals surface area contributed by atoms with Gasteiger partial charge in [0.2, 0.25) is 0 Å². The van der Waals surface area contributed by atoms with E-state index < -0.39 is 0 Å². The molecule has 4 heteroatoms. The fraction of sp³-hybridized carbons (Fsp3) is 1.00. The molecular formula is C13H28N2O2. The summed E-state index contributed by atoms with van der Waals surface area (Å²) >= 11 is 0. The number of hydrogen-bond acceptors (Lipinski definition) is 4. The van der Waals surface area contributed by atoms with Crippen molar-refractivity contribution < 1.29 is 9.47 Å². The second-order valence-corrected chi connectivity index (χ2v) is 4.52. The SMILES string of the molecule is CCCCOCCCNCCN1CCOCC1. The molecule has 0 unspecified atom stereocenters. The van der Waals surface area contributed by atoms with E-state index in [4.69, 9.17) is 9.47 Å². The monoisotopic (exact) mass is 244 g/mol. The Kier molecular flexibility index (Phi) is 9.61. The molecule has 1 rings (SSSR count). The van der Waals surface area contributed by atoms with Crippen LogP contribution in [0.4, 0.5) is 0 Å². The molecule has 0 aromatic carbocycles. The van der Waals surface area contributed by atoms with Gasteiger partial charge in [-0.15, -0.1) is 0 Å². The van der Waals surface area contributed by atoms with Crippen LogP contribution in [0.15, 0.2) is 0 Å². The van der Waals surface area contributed by atoms with Gasteiger partial charge in [0.25, 0.3) is 0 Å². The number of hydrogen-bond donors (Lipinski definition) is 1. The number of unbranched alkanes of at least 4 members (excludes halogenated alkanes) is 1. The van der Waals surface area contributed by atoms with Crippen LogP contribution in [0.2, 0.25) is 0 Å². The Morgan fingerprint density at radius 1 is 1.12 bits per heavy atom. The molecule has 0 aliphatic carbocycles. The van der Waals surface area contributed by atoms with E-state index in [9.17, 15) is 0 Å². The predicted molar refractivity (Wildman–Crippen MR) is 70.5 cm³/mol. The van der Waals surface area contributed by atoms with Crippen molar-refractivity contribution in [2.45, 2.75) is 26.2 Å². The highest BCUT2D eigenvalue weighted by Gasteiger charge is 2.08. The van der Waals surface area contributed by atoms with E-state index in [0.717, 1.165) is 65.6 Å². The first kappa shape index (κ1) is 14.9. The quantitative estimate of drug-likeness (QED) is 0.584. The van der Waals surface area contributed by atoms with E-state index in [1.54, 1.807) is 0 Å².